The maximum absolute atomic E-state index is 4.42. The molecule has 1 rings (SSSR count). The summed E-state index contributed by atoms with van der Waals surface area (Å²) in [4.78, 5) is 5.35. The minimum Gasteiger partial charge on any atom is -0.257 e. The Morgan fingerprint density at radius 1 is 1.42 bits per heavy atom. The van der Waals surface area contributed by atoms with Gasteiger partial charge in [0.2, 0.25) is 0 Å². The molecule has 64 valence electrons. The van der Waals surface area contributed by atoms with Gasteiger partial charge in [-0.2, -0.15) is 0 Å². The van der Waals surface area contributed by atoms with Gasteiger partial charge in [0.1, 0.15) is 0 Å². The number of nitrogens with zero attached hydrogens (tertiary/aromatic N) is 1. The molecule has 0 saturated heterocycles. The van der Waals surface area contributed by atoms with Crippen LogP contribution in [0.2, 0.25) is 0 Å². The van der Waals surface area contributed by atoms with Crippen LogP contribution < -0.4 is 0 Å². The second-order valence-corrected chi connectivity index (χ2v) is 3.17. The Hall–Kier alpha value is -0.760. The Bertz CT molecular complexity index is 292. The highest BCUT2D eigenvalue weighted by Crippen LogP contribution is 2.22. The molecule has 1 aromatic rings. The van der Waals surface area contributed by atoms with Gasteiger partial charge in [-0.25, -0.2) is 0 Å². The van der Waals surface area contributed by atoms with Crippen molar-refractivity contribution in [2.75, 3.05) is 0 Å². The second kappa shape index (κ2) is 4.31. The van der Waals surface area contributed by atoms with E-state index in [1.54, 1.807) is 0 Å². The number of aliphatic imine (C=N–C) groups is 1. The molecule has 0 saturated carbocycles. The number of thiol groups is 1. The first kappa shape index (κ1) is 9.33. The third-order valence-corrected chi connectivity index (χ3v) is 2.08. The number of benzene rings is 1. The quantitative estimate of drug-likeness (QED) is 0.527. The van der Waals surface area contributed by atoms with Gasteiger partial charge in [-0.3, -0.25) is 4.99 Å². The predicted octanol–water partition coefficient (Wildman–Crippen LogP) is 3.48. The molecule has 0 aliphatic heterocycles. The third kappa shape index (κ3) is 2.38. The lowest BCUT2D eigenvalue weighted by atomic mass is 10.3. The Kier molecular flexibility index (Phi) is 3.35. The standard InChI is InChI=1S/C10H13NS/c1-3-8(2)11-9-6-4-5-7-10(9)12/h4-7,12H,3H2,1-2H3. The highest BCUT2D eigenvalue weighted by Gasteiger charge is 1.94. The highest BCUT2D eigenvalue weighted by atomic mass is 32.1. The summed E-state index contributed by atoms with van der Waals surface area (Å²) in [5.41, 5.74) is 2.09. The fourth-order valence-electron chi connectivity index (χ4n) is 0.843. The molecule has 0 heterocycles. The lowest BCUT2D eigenvalue weighted by Gasteiger charge is -1.99. The van der Waals surface area contributed by atoms with Gasteiger partial charge in [0.15, 0.2) is 0 Å². The van der Waals surface area contributed by atoms with Crippen molar-refractivity contribution in [3.8, 4) is 0 Å². The van der Waals surface area contributed by atoms with Crippen molar-refractivity contribution in [3.63, 3.8) is 0 Å². The monoisotopic (exact) mass is 179 g/mol. The minimum atomic E-state index is 0.935. The number of hydrogen-bond acceptors (Lipinski definition) is 2. The molecule has 0 fully saturated rings. The normalized spacial score (nSPS) is 11.8. The van der Waals surface area contributed by atoms with Gasteiger partial charge >= 0.3 is 0 Å². The van der Waals surface area contributed by atoms with Gasteiger partial charge in [0.25, 0.3) is 0 Å². The van der Waals surface area contributed by atoms with Crippen LogP contribution in [0.4, 0.5) is 5.69 Å². The van der Waals surface area contributed by atoms with Gasteiger partial charge in [-0.05, 0) is 25.5 Å². The molecule has 1 aromatic carbocycles. The molecule has 0 spiro atoms. The van der Waals surface area contributed by atoms with Crippen molar-refractivity contribution in [1.29, 1.82) is 0 Å². The van der Waals surface area contributed by atoms with Crippen molar-refractivity contribution < 1.29 is 0 Å². The summed E-state index contributed by atoms with van der Waals surface area (Å²) in [6.45, 7) is 4.13. The van der Waals surface area contributed by atoms with E-state index in [1.807, 2.05) is 31.2 Å². The van der Waals surface area contributed by atoms with Crippen LogP contribution >= 0.6 is 12.6 Å². The van der Waals surface area contributed by atoms with Crippen molar-refractivity contribution in [2.24, 2.45) is 4.99 Å². The first-order chi connectivity index (χ1) is 5.74. The summed E-state index contributed by atoms with van der Waals surface area (Å²) in [5, 5.41) is 0. The van der Waals surface area contributed by atoms with Crippen LogP contribution in [0.15, 0.2) is 34.2 Å². The Balaban J connectivity index is 2.96. The fourth-order valence-corrected chi connectivity index (χ4v) is 1.05. The first-order valence-corrected chi connectivity index (χ1v) is 4.51. The van der Waals surface area contributed by atoms with E-state index in [1.165, 1.54) is 0 Å². The van der Waals surface area contributed by atoms with E-state index in [4.69, 9.17) is 0 Å². The SMILES string of the molecule is CCC(C)=Nc1ccccc1S. The zero-order valence-corrected chi connectivity index (χ0v) is 8.31. The molecule has 0 atom stereocenters. The average molecular weight is 179 g/mol. The number of para-hydroxylation sites is 1. The summed E-state index contributed by atoms with van der Waals surface area (Å²) >= 11 is 4.30. The van der Waals surface area contributed by atoms with E-state index < -0.39 is 0 Å². The van der Waals surface area contributed by atoms with Gasteiger partial charge in [0, 0.05) is 10.6 Å². The second-order valence-electron chi connectivity index (χ2n) is 2.69. The molecule has 0 aromatic heterocycles. The van der Waals surface area contributed by atoms with Gasteiger partial charge in [0.05, 0.1) is 5.69 Å². The van der Waals surface area contributed by atoms with E-state index >= 15 is 0 Å². The molecule has 2 heteroatoms. The Morgan fingerprint density at radius 3 is 2.67 bits per heavy atom. The highest BCUT2D eigenvalue weighted by molar-refractivity contribution is 7.80. The molecule has 0 unspecified atom stereocenters. The zero-order chi connectivity index (χ0) is 8.97. The van der Waals surface area contributed by atoms with Crippen LogP contribution in [0.5, 0.6) is 0 Å². The number of rotatable bonds is 2. The molecular formula is C10H13NS. The molecule has 12 heavy (non-hydrogen) atoms. The Labute approximate surface area is 78.9 Å². The maximum atomic E-state index is 4.42. The molecular weight excluding hydrogens is 166 g/mol. The molecule has 0 bridgehead atoms. The van der Waals surface area contributed by atoms with Crippen LogP contribution in [-0.2, 0) is 0 Å². The van der Waals surface area contributed by atoms with Gasteiger partial charge in [-0.15, -0.1) is 12.6 Å². The van der Waals surface area contributed by atoms with Gasteiger partial charge in [-0.1, -0.05) is 19.1 Å². The summed E-state index contributed by atoms with van der Waals surface area (Å²) in [7, 11) is 0. The van der Waals surface area contributed by atoms with Crippen LogP contribution in [-0.4, -0.2) is 5.71 Å². The summed E-state index contributed by atoms with van der Waals surface area (Å²) in [5.74, 6) is 0. The van der Waals surface area contributed by atoms with E-state index in [9.17, 15) is 0 Å². The summed E-state index contributed by atoms with van der Waals surface area (Å²) in [6.07, 6.45) is 0.988. The fraction of sp³-hybridized carbons (Fsp3) is 0.300. The lowest BCUT2D eigenvalue weighted by Crippen LogP contribution is -1.85. The van der Waals surface area contributed by atoms with E-state index in [2.05, 4.69) is 24.5 Å². The maximum Gasteiger partial charge on any atom is 0.0762 e. The average Bonchev–Trinajstić information content (AvgIpc) is 2.09. The molecule has 0 aliphatic rings. The van der Waals surface area contributed by atoms with Crippen molar-refractivity contribution in [3.05, 3.63) is 24.3 Å². The Morgan fingerprint density at radius 2 is 2.08 bits per heavy atom. The molecule has 0 N–H and O–H groups in total. The predicted molar refractivity (Wildman–Crippen MR) is 56.8 cm³/mol. The summed E-state index contributed by atoms with van der Waals surface area (Å²) < 4.78 is 0. The smallest absolute Gasteiger partial charge is 0.0762 e. The largest absolute Gasteiger partial charge is 0.257 e. The van der Waals surface area contributed by atoms with Crippen LogP contribution in [0, 0.1) is 0 Å². The van der Waals surface area contributed by atoms with Crippen molar-refractivity contribution in [1.82, 2.24) is 0 Å². The number of hydrogen-bond donors (Lipinski definition) is 1. The molecule has 0 radical (unpaired) electrons. The van der Waals surface area contributed by atoms with Crippen molar-refractivity contribution in [2.45, 2.75) is 25.2 Å². The van der Waals surface area contributed by atoms with Crippen LogP contribution in [0.3, 0.4) is 0 Å². The van der Waals surface area contributed by atoms with Gasteiger partial charge < -0.3 is 0 Å². The van der Waals surface area contributed by atoms with Crippen LogP contribution in [0.25, 0.3) is 0 Å². The molecule has 0 aliphatic carbocycles. The lowest BCUT2D eigenvalue weighted by molar-refractivity contribution is 1.24. The molecule has 1 nitrogen and oxygen atoms in total. The summed E-state index contributed by atoms with van der Waals surface area (Å²) in [6, 6.07) is 7.86. The van der Waals surface area contributed by atoms with E-state index in [0.29, 0.717) is 0 Å². The minimum absolute atomic E-state index is 0.935. The molecule has 0 amide bonds. The third-order valence-electron chi connectivity index (χ3n) is 1.70. The zero-order valence-electron chi connectivity index (χ0n) is 7.41. The van der Waals surface area contributed by atoms with E-state index in [0.717, 1.165) is 22.7 Å². The van der Waals surface area contributed by atoms with Crippen molar-refractivity contribution >= 4 is 24.0 Å². The topological polar surface area (TPSA) is 12.4 Å². The first-order valence-electron chi connectivity index (χ1n) is 4.06. The van der Waals surface area contributed by atoms with E-state index in [-0.39, 0.29) is 0 Å². The van der Waals surface area contributed by atoms with Crippen LogP contribution in [0.1, 0.15) is 20.3 Å².